The van der Waals surface area contributed by atoms with Gasteiger partial charge in [0.25, 0.3) is 0 Å². The van der Waals surface area contributed by atoms with Gasteiger partial charge >= 0.3 is 6.09 Å². The second-order valence-electron chi connectivity index (χ2n) is 8.48. The third-order valence-corrected chi connectivity index (χ3v) is 6.39. The molecule has 1 amide bonds. The molecule has 3 aliphatic heterocycles. The van der Waals surface area contributed by atoms with Crippen LogP contribution in [0.3, 0.4) is 0 Å². The zero-order valence-electron chi connectivity index (χ0n) is 19.0. The number of aromatic nitrogens is 2. The lowest BCUT2D eigenvalue weighted by Gasteiger charge is -2.28. The average molecular weight is 487 g/mol. The number of aromatic amines is 1. The number of amides is 1. The van der Waals surface area contributed by atoms with Gasteiger partial charge in [0, 0.05) is 24.6 Å². The first-order valence-electron chi connectivity index (χ1n) is 11.4. The van der Waals surface area contributed by atoms with Gasteiger partial charge in [0.05, 0.1) is 30.5 Å². The smallest absolute Gasteiger partial charge is 0.415 e. The summed E-state index contributed by atoms with van der Waals surface area (Å²) < 4.78 is 27.5. The van der Waals surface area contributed by atoms with Crippen molar-refractivity contribution in [1.29, 1.82) is 10.7 Å². The van der Waals surface area contributed by atoms with Gasteiger partial charge in [-0.1, -0.05) is 12.1 Å². The Morgan fingerprint density at radius 2 is 2.00 bits per heavy atom. The molecule has 1 aromatic heterocycles. The minimum absolute atomic E-state index is 0.148. The van der Waals surface area contributed by atoms with Crippen molar-refractivity contribution in [2.75, 3.05) is 33.1 Å². The lowest BCUT2D eigenvalue weighted by atomic mass is 9.79. The number of benzene rings is 2. The van der Waals surface area contributed by atoms with E-state index in [2.05, 4.69) is 16.3 Å². The molecule has 11 nitrogen and oxygen atoms in total. The molecular formula is C25H21N5O6. The molecule has 1 saturated heterocycles. The van der Waals surface area contributed by atoms with E-state index < -0.39 is 17.9 Å². The SMILES string of the molecule is N#CC1C(=N)Oc2n[nH]c(-c3ccc4c(c3)OCO4)c2C1c1cccc(OC(=O)N2CCOCC2)c1. The molecule has 3 aromatic rings. The third kappa shape index (κ3) is 3.77. The van der Waals surface area contributed by atoms with Crippen LogP contribution in [0.2, 0.25) is 0 Å². The minimum atomic E-state index is -0.909. The number of morpholine rings is 1. The van der Waals surface area contributed by atoms with Crippen LogP contribution in [-0.2, 0) is 4.74 Å². The van der Waals surface area contributed by atoms with Gasteiger partial charge in [-0.05, 0) is 35.9 Å². The summed E-state index contributed by atoms with van der Waals surface area (Å²) in [6.45, 7) is 2.01. The Hall–Kier alpha value is -4.56. The summed E-state index contributed by atoms with van der Waals surface area (Å²) in [4.78, 5) is 14.2. The standard InChI is InChI=1S/C25H21N5O6/c26-12-17-20(14-2-1-3-16(10-14)35-25(31)30-6-8-32-9-7-30)21-22(28-29-24(21)36-23(17)27)15-4-5-18-19(11-15)34-13-33-18/h1-5,10-11,17,20,27H,6-9,13H2,(H,28,29). The molecule has 2 unspecified atom stereocenters. The number of carbonyl (C=O) groups is 1. The maximum Gasteiger partial charge on any atom is 0.415 e. The number of nitrogens with zero attached hydrogens (tertiary/aromatic N) is 3. The van der Waals surface area contributed by atoms with E-state index in [0.29, 0.717) is 60.4 Å². The maximum absolute atomic E-state index is 12.6. The fourth-order valence-corrected chi connectivity index (χ4v) is 4.63. The number of ether oxygens (including phenoxy) is 5. The molecule has 11 heteroatoms. The van der Waals surface area contributed by atoms with Crippen molar-refractivity contribution in [2.24, 2.45) is 5.92 Å². The second kappa shape index (κ2) is 8.90. The summed E-state index contributed by atoms with van der Waals surface area (Å²) in [7, 11) is 0. The van der Waals surface area contributed by atoms with Crippen LogP contribution in [0.25, 0.3) is 11.3 Å². The highest BCUT2D eigenvalue weighted by atomic mass is 16.7. The van der Waals surface area contributed by atoms with Gasteiger partial charge in [0.1, 0.15) is 11.7 Å². The highest BCUT2D eigenvalue weighted by Crippen LogP contribution is 2.47. The molecule has 0 aliphatic carbocycles. The van der Waals surface area contributed by atoms with Gasteiger partial charge in [-0.3, -0.25) is 10.5 Å². The van der Waals surface area contributed by atoms with Crippen LogP contribution in [-0.4, -0.2) is 60.2 Å². The maximum atomic E-state index is 12.6. The highest BCUT2D eigenvalue weighted by molar-refractivity contribution is 5.87. The van der Waals surface area contributed by atoms with Gasteiger partial charge in [0.2, 0.25) is 18.6 Å². The lowest BCUT2D eigenvalue weighted by molar-refractivity contribution is 0.0416. The Morgan fingerprint density at radius 1 is 1.17 bits per heavy atom. The van der Waals surface area contributed by atoms with E-state index in [-0.39, 0.29) is 18.6 Å². The zero-order valence-corrected chi connectivity index (χ0v) is 19.0. The quantitative estimate of drug-likeness (QED) is 0.573. The molecule has 0 saturated carbocycles. The first kappa shape index (κ1) is 21.9. The van der Waals surface area contributed by atoms with E-state index >= 15 is 0 Å². The summed E-state index contributed by atoms with van der Waals surface area (Å²) in [5.41, 5.74) is 2.72. The van der Waals surface area contributed by atoms with Gasteiger partial charge in [-0.2, -0.15) is 5.26 Å². The fraction of sp³-hybridized carbons (Fsp3) is 0.280. The first-order valence-corrected chi connectivity index (χ1v) is 11.4. The van der Waals surface area contributed by atoms with Crippen LogP contribution in [0.4, 0.5) is 4.79 Å². The van der Waals surface area contributed by atoms with Gasteiger partial charge < -0.3 is 28.6 Å². The molecule has 182 valence electrons. The highest BCUT2D eigenvalue weighted by Gasteiger charge is 2.41. The molecular weight excluding hydrogens is 466 g/mol. The van der Waals surface area contributed by atoms with Crippen LogP contribution in [0.5, 0.6) is 23.1 Å². The third-order valence-electron chi connectivity index (χ3n) is 6.39. The van der Waals surface area contributed by atoms with Gasteiger partial charge in [-0.25, -0.2) is 4.79 Å². The summed E-state index contributed by atoms with van der Waals surface area (Å²) >= 11 is 0. The van der Waals surface area contributed by atoms with Crippen molar-refractivity contribution in [3.05, 3.63) is 53.6 Å². The van der Waals surface area contributed by atoms with E-state index in [1.54, 1.807) is 29.2 Å². The predicted molar refractivity (Wildman–Crippen MR) is 124 cm³/mol. The van der Waals surface area contributed by atoms with Crippen molar-refractivity contribution in [1.82, 2.24) is 15.1 Å². The van der Waals surface area contributed by atoms with Gasteiger partial charge in [0.15, 0.2) is 11.5 Å². The number of nitrogens with one attached hydrogen (secondary N) is 2. The number of fused-ring (bicyclic) bond motifs is 2. The summed E-state index contributed by atoms with van der Waals surface area (Å²) in [5.74, 6) is 0.111. The Bertz CT molecular complexity index is 1390. The zero-order chi connectivity index (χ0) is 24.6. The minimum Gasteiger partial charge on any atom is -0.454 e. The Kier molecular flexibility index (Phi) is 5.42. The molecule has 2 atom stereocenters. The molecule has 0 radical (unpaired) electrons. The Labute approximate surface area is 205 Å². The van der Waals surface area contributed by atoms with E-state index in [0.717, 1.165) is 5.56 Å². The Morgan fingerprint density at radius 3 is 2.83 bits per heavy atom. The number of hydrogen-bond acceptors (Lipinski definition) is 9. The van der Waals surface area contributed by atoms with E-state index in [4.69, 9.17) is 29.1 Å². The van der Waals surface area contributed by atoms with Crippen LogP contribution in [0.1, 0.15) is 17.0 Å². The fourth-order valence-electron chi connectivity index (χ4n) is 4.63. The monoisotopic (exact) mass is 487 g/mol. The number of hydrogen-bond donors (Lipinski definition) is 2. The summed E-state index contributed by atoms with van der Waals surface area (Å²) in [5, 5.41) is 25.6. The summed E-state index contributed by atoms with van der Waals surface area (Å²) in [6.07, 6.45) is -0.461. The van der Waals surface area contributed by atoms with Gasteiger partial charge in [-0.15, -0.1) is 5.10 Å². The molecule has 4 heterocycles. The molecule has 0 spiro atoms. The lowest BCUT2D eigenvalue weighted by Crippen LogP contribution is -2.42. The first-order chi connectivity index (χ1) is 17.6. The molecule has 6 rings (SSSR count). The molecule has 2 N–H and O–H groups in total. The predicted octanol–water partition coefficient (Wildman–Crippen LogP) is 3.28. The van der Waals surface area contributed by atoms with E-state index in [1.165, 1.54) is 0 Å². The van der Waals surface area contributed by atoms with E-state index in [1.807, 2.05) is 18.2 Å². The number of carbonyl (C=O) groups excluding carboxylic acids is 1. The van der Waals surface area contributed by atoms with Crippen LogP contribution < -0.4 is 18.9 Å². The van der Waals surface area contributed by atoms with Crippen molar-refractivity contribution in [3.63, 3.8) is 0 Å². The van der Waals surface area contributed by atoms with Crippen LogP contribution in [0, 0.1) is 22.7 Å². The molecule has 0 bridgehead atoms. The van der Waals surface area contributed by atoms with Crippen molar-refractivity contribution in [3.8, 4) is 40.5 Å². The van der Waals surface area contributed by atoms with E-state index in [9.17, 15) is 10.1 Å². The topological polar surface area (TPSA) is 143 Å². The second-order valence-corrected chi connectivity index (χ2v) is 8.48. The van der Waals surface area contributed by atoms with Crippen molar-refractivity contribution < 1.29 is 28.5 Å². The average Bonchev–Trinajstić information content (AvgIpc) is 3.55. The Balaban J connectivity index is 1.38. The number of rotatable bonds is 3. The molecule has 1 fully saturated rings. The van der Waals surface area contributed by atoms with Crippen LogP contribution >= 0.6 is 0 Å². The molecule has 2 aromatic carbocycles. The molecule has 36 heavy (non-hydrogen) atoms. The normalized spacial score (nSPS) is 20.3. The van der Waals surface area contributed by atoms with Crippen molar-refractivity contribution >= 4 is 12.0 Å². The molecule has 3 aliphatic rings. The summed E-state index contributed by atoms with van der Waals surface area (Å²) in [6, 6.07) is 14.7. The van der Waals surface area contributed by atoms with Crippen LogP contribution in [0.15, 0.2) is 42.5 Å². The number of H-pyrrole nitrogens is 1. The number of nitriles is 1. The largest absolute Gasteiger partial charge is 0.454 e. The van der Waals surface area contributed by atoms with Crippen molar-refractivity contribution in [2.45, 2.75) is 5.92 Å².